The van der Waals surface area contributed by atoms with Crippen LogP contribution in [0.1, 0.15) is 16.7 Å². The maximum atomic E-state index is 12.1. The largest absolute Gasteiger partial charge is 0.484 e. The number of hydrogen-bond donors (Lipinski definition) is 1. The van der Waals surface area contributed by atoms with E-state index < -0.39 is 0 Å². The van der Waals surface area contributed by atoms with Crippen LogP contribution in [0.4, 0.5) is 5.13 Å². The first kappa shape index (κ1) is 20.1. The van der Waals surface area contributed by atoms with Crippen molar-refractivity contribution < 1.29 is 9.53 Å². The number of carbonyl (C=O) groups excluding carboxylic acids is 1. The van der Waals surface area contributed by atoms with E-state index in [4.69, 9.17) is 4.74 Å². The van der Waals surface area contributed by atoms with Gasteiger partial charge >= 0.3 is 0 Å². The minimum Gasteiger partial charge on any atom is -0.484 e. The molecule has 3 aromatic rings. The molecule has 0 aliphatic rings. The van der Waals surface area contributed by atoms with E-state index in [-0.39, 0.29) is 12.5 Å². The molecule has 5 nitrogen and oxygen atoms in total. The first-order valence-corrected chi connectivity index (χ1v) is 10.6. The van der Waals surface area contributed by atoms with Gasteiger partial charge in [-0.3, -0.25) is 10.1 Å². The van der Waals surface area contributed by atoms with Gasteiger partial charge in [0.25, 0.3) is 5.91 Å². The Kier molecular flexibility index (Phi) is 7.22. The van der Waals surface area contributed by atoms with E-state index in [1.807, 2.05) is 44.2 Å². The van der Waals surface area contributed by atoms with Gasteiger partial charge in [0, 0.05) is 5.75 Å². The van der Waals surface area contributed by atoms with E-state index in [0.717, 1.165) is 26.8 Å². The molecule has 144 valence electrons. The molecule has 7 heteroatoms. The highest BCUT2D eigenvalue weighted by Gasteiger charge is 2.09. The van der Waals surface area contributed by atoms with Crippen LogP contribution in [0, 0.1) is 13.8 Å². The van der Waals surface area contributed by atoms with Crippen LogP contribution in [0.3, 0.4) is 0 Å². The molecule has 0 saturated carbocycles. The van der Waals surface area contributed by atoms with Crippen molar-refractivity contribution in [1.82, 2.24) is 10.2 Å². The number of amides is 1. The lowest BCUT2D eigenvalue weighted by atomic mass is 10.1. The van der Waals surface area contributed by atoms with E-state index in [1.54, 1.807) is 11.8 Å². The zero-order valence-electron chi connectivity index (χ0n) is 15.7. The lowest BCUT2D eigenvalue weighted by molar-refractivity contribution is -0.118. The smallest absolute Gasteiger partial charge is 0.264 e. The number of aromatic nitrogens is 2. The van der Waals surface area contributed by atoms with Gasteiger partial charge in [-0.1, -0.05) is 71.6 Å². The number of nitrogens with zero attached hydrogens (tertiary/aromatic N) is 2. The number of thioether (sulfide) groups is 1. The summed E-state index contributed by atoms with van der Waals surface area (Å²) in [6.45, 7) is 3.93. The van der Waals surface area contributed by atoms with Gasteiger partial charge in [0.1, 0.15) is 5.75 Å². The van der Waals surface area contributed by atoms with E-state index in [0.29, 0.717) is 10.9 Å². The molecule has 0 atom stereocenters. The lowest BCUT2D eigenvalue weighted by Gasteiger charge is -2.07. The number of benzene rings is 2. The van der Waals surface area contributed by atoms with Crippen molar-refractivity contribution in [1.29, 1.82) is 0 Å². The highest BCUT2D eigenvalue weighted by atomic mass is 32.2. The fraction of sp³-hybridized carbons (Fsp3) is 0.190. The van der Waals surface area contributed by atoms with Crippen LogP contribution in [0.15, 0.2) is 58.9 Å². The standard InChI is InChI=1S/C21H21N3O2S2/c1-15-11-16(2)13-18(12-15)26-14-19(25)22-20-23-24-21(28-20)27-10-6-9-17-7-4-3-5-8-17/h3-9,11-13H,10,14H2,1-2H3,(H,22,23,25)/b9-6+. The lowest BCUT2D eigenvalue weighted by Crippen LogP contribution is -2.20. The van der Waals surface area contributed by atoms with Crippen LogP contribution in [-0.4, -0.2) is 28.5 Å². The van der Waals surface area contributed by atoms with Gasteiger partial charge in [-0.15, -0.1) is 10.2 Å². The van der Waals surface area contributed by atoms with Gasteiger partial charge in [-0.25, -0.2) is 0 Å². The Hall–Kier alpha value is -2.64. The van der Waals surface area contributed by atoms with Crippen molar-refractivity contribution in [3.8, 4) is 5.75 Å². The van der Waals surface area contributed by atoms with Gasteiger partial charge in [0.2, 0.25) is 5.13 Å². The van der Waals surface area contributed by atoms with Crippen molar-refractivity contribution in [3.05, 3.63) is 71.3 Å². The van der Waals surface area contributed by atoms with Gasteiger partial charge in [-0.05, 0) is 42.7 Å². The summed E-state index contributed by atoms with van der Waals surface area (Å²) in [5.74, 6) is 1.22. The molecule has 1 N–H and O–H groups in total. The molecule has 1 aromatic heterocycles. The van der Waals surface area contributed by atoms with Gasteiger partial charge in [-0.2, -0.15) is 0 Å². The second-order valence-corrected chi connectivity index (χ2v) is 8.40. The molecular formula is C21H21N3O2S2. The summed E-state index contributed by atoms with van der Waals surface area (Å²) in [7, 11) is 0. The maximum absolute atomic E-state index is 12.1. The first-order valence-electron chi connectivity index (χ1n) is 8.77. The third-order valence-corrected chi connectivity index (χ3v) is 5.56. The summed E-state index contributed by atoms with van der Waals surface area (Å²) < 4.78 is 6.37. The van der Waals surface area contributed by atoms with Gasteiger partial charge in [0.15, 0.2) is 10.9 Å². The van der Waals surface area contributed by atoms with Crippen LogP contribution >= 0.6 is 23.1 Å². The molecule has 2 aromatic carbocycles. The summed E-state index contributed by atoms with van der Waals surface area (Å²) in [5, 5.41) is 11.3. The Morgan fingerprint density at radius 3 is 2.64 bits per heavy atom. The normalized spacial score (nSPS) is 10.9. The zero-order valence-corrected chi connectivity index (χ0v) is 17.3. The monoisotopic (exact) mass is 411 g/mol. The quantitative estimate of drug-likeness (QED) is 0.418. The summed E-state index contributed by atoms with van der Waals surface area (Å²) in [6, 6.07) is 16.0. The molecule has 1 heterocycles. The zero-order chi connectivity index (χ0) is 19.8. The summed E-state index contributed by atoms with van der Waals surface area (Å²) in [6.07, 6.45) is 4.15. The van der Waals surface area contributed by atoms with E-state index in [1.165, 1.54) is 11.3 Å². The highest BCUT2D eigenvalue weighted by molar-refractivity contribution is 8.01. The van der Waals surface area contributed by atoms with Crippen molar-refractivity contribution in [2.75, 3.05) is 17.7 Å². The second kappa shape index (κ2) is 10.1. The minimum absolute atomic E-state index is 0.0647. The number of hydrogen-bond acceptors (Lipinski definition) is 6. The predicted octanol–water partition coefficient (Wildman–Crippen LogP) is 4.98. The fourth-order valence-electron chi connectivity index (χ4n) is 2.51. The summed E-state index contributed by atoms with van der Waals surface area (Å²) >= 11 is 2.93. The van der Waals surface area contributed by atoms with Crippen LogP contribution in [0.2, 0.25) is 0 Å². The van der Waals surface area contributed by atoms with Crippen LogP contribution in [-0.2, 0) is 4.79 Å². The van der Waals surface area contributed by atoms with E-state index >= 15 is 0 Å². The number of rotatable bonds is 8. The molecule has 1 amide bonds. The Balaban J connectivity index is 1.43. The third-order valence-electron chi connectivity index (χ3n) is 3.63. The van der Waals surface area contributed by atoms with Crippen LogP contribution in [0.5, 0.6) is 5.75 Å². The van der Waals surface area contributed by atoms with Gasteiger partial charge < -0.3 is 4.74 Å². The SMILES string of the molecule is Cc1cc(C)cc(OCC(=O)Nc2nnc(SC/C=C/c3ccccc3)s2)c1. The molecule has 0 aliphatic carbocycles. The Labute approximate surface area is 172 Å². The molecule has 0 bridgehead atoms. The van der Waals surface area contributed by atoms with Crippen molar-refractivity contribution >= 4 is 40.2 Å². The molecule has 0 radical (unpaired) electrons. The summed E-state index contributed by atoms with van der Waals surface area (Å²) in [5.41, 5.74) is 3.36. The van der Waals surface area contributed by atoms with Crippen molar-refractivity contribution in [3.63, 3.8) is 0 Å². The van der Waals surface area contributed by atoms with Crippen LogP contribution in [0.25, 0.3) is 6.08 Å². The number of carbonyl (C=O) groups is 1. The number of anilines is 1. The average Bonchev–Trinajstić information content (AvgIpc) is 3.11. The number of nitrogens with one attached hydrogen (secondary N) is 1. The Morgan fingerprint density at radius 2 is 1.89 bits per heavy atom. The molecule has 0 fully saturated rings. The van der Waals surface area contributed by atoms with Crippen molar-refractivity contribution in [2.45, 2.75) is 18.2 Å². The molecule has 0 saturated heterocycles. The number of aryl methyl sites for hydroxylation is 2. The maximum Gasteiger partial charge on any atom is 0.264 e. The molecule has 0 unspecified atom stereocenters. The molecule has 28 heavy (non-hydrogen) atoms. The molecular weight excluding hydrogens is 390 g/mol. The van der Waals surface area contributed by atoms with Crippen LogP contribution < -0.4 is 10.1 Å². The van der Waals surface area contributed by atoms with E-state index in [9.17, 15) is 4.79 Å². The minimum atomic E-state index is -0.254. The topological polar surface area (TPSA) is 64.1 Å². The fourth-order valence-corrected chi connectivity index (χ4v) is 4.11. The average molecular weight is 412 g/mol. The van der Waals surface area contributed by atoms with Crippen molar-refractivity contribution in [2.24, 2.45) is 0 Å². The Bertz CT molecular complexity index is 935. The highest BCUT2D eigenvalue weighted by Crippen LogP contribution is 2.25. The van der Waals surface area contributed by atoms with E-state index in [2.05, 4.69) is 45.9 Å². The predicted molar refractivity (Wildman–Crippen MR) is 116 cm³/mol. The molecule has 3 rings (SSSR count). The molecule has 0 spiro atoms. The Morgan fingerprint density at radius 1 is 1.14 bits per heavy atom. The number of ether oxygens (including phenoxy) is 1. The third kappa shape index (κ3) is 6.51. The first-order chi connectivity index (χ1) is 13.6. The summed E-state index contributed by atoms with van der Waals surface area (Å²) in [4.78, 5) is 12.1. The molecule has 0 aliphatic heterocycles. The van der Waals surface area contributed by atoms with Gasteiger partial charge in [0.05, 0.1) is 0 Å². The second-order valence-electron chi connectivity index (χ2n) is 6.16.